The van der Waals surface area contributed by atoms with E-state index >= 15 is 0 Å². The van der Waals surface area contributed by atoms with E-state index < -0.39 is 37.6 Å². The molecule has 0 heterocycles. The van der Waals surface area contributed by atoms with Crippen LogP contribution in [0.5, 0.6) is 0 Å². The summed E-state index contributed by atoms with van der Waals surface area (Å²) in [4.78, 5) is 23.5. The zero-order valence-electron chi connectivity index (χ0n) is 14.1. The van der Waals surface area contributed by atoms with E-state index in [1.165, 1.54) is 25.1 Å². The minimum absolute atomic E-state index is 0.0584. The molecule has 0 radical (unpaired) electrons. The maximum atomic E-state index is 12.3. The molecule has 1 aromatic carbocycles. The van der Waals surface area contributed by atoms with Crippen molar-refractivity contribution in [3.05, 3.63) is 23.8 Å². The van der Waals surface area contributed by atoms with E-state index in [1.54, 1.807) is 6.92 Å². The molecule has 0 spiro atoms. The molecular weight excluding hydrogens is 368 g/mol. The molecule has 1 fully saturated rings. The summed E-state index contributed by atoms with van der Waals surface area (Å²) < 4.78 is 51.7. The number of carbonyl (C=O) groups is 2. The van der Waals surface area contributed by atoms with Gasteiger partial charge in [-0.05, 0) is 37.6 Å². The second-order valence-electron chi connectivity index (χ2n) is 6.28. The first-order valence-corrected chi connectivity index (χ1v) is 11.1. The molecule has 2 unspecified atom stereocenters. The van der Waals surface area contributed by atoms with Gasteiger partial charge in [-0.15, -0.1) is 0 Å². The molecule has 1 aliphatic carbocycles. The third-order valence-electron chi connectivity index (χ3n) is 3.98. The van der Waals surface area contributed by atoms with E-state index in [2.05, 4.69) is 9.44 Å². The van der Waals surface area contributed by atoms with Gasteiger partial charge < -0.3 is 0 Å². The summed E-state index contributed by atoms with van der Waals surface area (Å²) >= 11 is 0. The van der Waals surface area contributed by atoms with Crippen molar-refractivity contribution in [3.63, 3.8) is 0 Å². The number of aryl methyl sites for hydroxylation is 1. The summed E-state index contributed by atoms with van der Waals surface area (Å²) in [5, 5.41) is 0. The predicted molar refractivity (Wildman–Crippen MR) is 94.3 cm³/mol. The molecule has 8 nitrogen and oxygen atoms in total. The van der Waals surface area contributed by atoms with Crippen molar-refractivity contribution < 1.29 is 26.4 Å². The van der Waals surface area contributed by atoms with Gasteiger partial charge in [-0.2, -0.15) is 0 Å². The van der Waals surface area contributed by atoms with Crippen LogP contribution in [0.2, 0.25) is 0 Å². The monoisotopic (exact) mass is 388 g/mol. The van der Waals surface area contributed by atoms with E-state index in [1.807, 2.05) is 0 Å². The molecule has 2 N–H and O–H groups in total. The third-order valence-corrected chi connectivity index (χ3v) is 5.95. The van der Waals surface area contributed by atoms with E-state index in [-0.39, 0.29) is 23.7 Å². The van der Waals surface area contributed by atoms with Gasteiger partial charge in [0.15, 0.2) is 0 Å². The summed E-state index contributed by atoms with van der Waals surface area (Å²) in [5.74, 6) is -2.61. The lowest BCUT2D eigenvalue weighted by Crippen LogP contribution is -2.26. The molecule has 1 saturated carbocycles. The molecule has 0 aromatic heterocycles. The molecule has 138 valence electrons. The Morgan fingerprint density at radius 3 is 2.24 bits per heavy atom. The summed E-state index contributed by atoms with van der Waals surface area (Å²) in [7, 11) is -7.26. The van der Waals surface area contributed by atoms with E-state index in [0.29, 0.717) is 11.3 Å². The first-order chi connectivity index (χ1) is 11.4. The molecule has 0 saturated heterocycles. The summed E-state index contributed by atoms with van der Waals surface area (Å²) in [6, 6.07) is 4.36. The van der Waals surface area contributed by atoms with Gasteiger partial charge in [0.05, 0.1) is 23.6 Å². The second kappa shape index (κ2) is 6.75. The van der Waals surface area contributed by atoms with Gasteiger partial charge in [0.25, 0.3) is 0 Å². The van der Waals surface area contributed by atoms with E-state index in [0.717, 1.165) is 6.26 Å². The minimum Gasteiger partial charge on any atom is -0.299 e. The van der Waals surface area contributed by atoms with Gasteiger partial charge >= 0.3 is 0 Å². The molecular formula is C15H20N2O6S2. The Hall–Kier alpha value is -1.94. The molecule has 2 atom stereocenters. The van der Waals surface area contributed by atoms with Crippen LogP contribution in [0.15, 0.2) is 18.2 Å². The smallest absolute Gasteiger partial charge is 0.233 e. The largest absolute Gasteiger partial charge is 0.299 e. The van der Waals surface area contributed by atoms with Crippen molar-refractivity contribution in [2.45, 2.75) is 20.3 Å². The molecule has 2 rings (SSSR count). The number of rotatable bonds is 6. The van der Waals surface area contributed by atoms with Crippen LogP contribution in [-0.2, 0) is 29.6 Å². The Labute approximate surface area is 147 Å². The van der Waals surface area contributed by atoms with Crippen molar-refractivity contribution in [3.8, 4) is 0 Å². The molecule has 1 aromatic rings. The second-order valence-corrected chi connectivity index (χ2v) is 9.79. The number of hydrogen-bond donors (Lipinski definition) is 2. The van der Waals surface area contributed by atoms with Gasteiger partial charge in [0.2, 0.25) is 20.0 Å². The molecule has 0 aliphatic heterocycles. The van der Waals surface area contributed by atoms with Gasteiger partial charge in [-0.1, -0.05) is 0 Å². The number of Topliss-reactive ketones (excluding diaryl/α,β-unsaturated/α-hetero) is 2. The summed E-state index contributed by atoms with van der Waals surface area (Å²) in [6.45, 7) is 3.11. The third kappa shape index (κ3) is 5.02. The van der Waals surface area contributed by atoms with Crippen LogP contribution in [0.4, 0.5) is 11.4 Å². The normalized spacial score (nSPS) is 21.4. The zero-order chi connectivity index (χ0) is 19.0. The van der Waals surface area contributed by atoms with Crippen LogP contribution in [0.1, 0.15) is 18.9 Å². The van der Waals surface area contributed by atoms with Crippen molar-refractivity contribution in [2.75, 3.05) is 21.5 Å². The highest BCUT2D eigenvalue weighted by Crippen LogP contribution is 2.27. The maximum Gasteiger partial charge on any atom is 0.233 e. The Morgan fingerprint density at radius 2 is 1.76 bits per heavy atom. The molecule has 0 bridgehead atoms. The quantitative estimate of drug-likeness (QED) is 0.697. The van der Waals surface area contributed by atoms with E-state index in [9.17, 15) is 26.4 Å². The Morgan fingerprint density at radius 1 is 1.12 bits per heavy atom. The highest BCUT2D eigenvalue weighted by atomic mass is 32.2. The topological polar surface area (TPSA) is 126 Å². The van der Waals surface area contributed by atoms with Crippen molar-refractivity contribution in [1.82, 2.24) is 0 Å². The molecule has 10 heteroatoms. The summed E-state index contributed by atoms with van der Waals surface area (Å²) in [5.41, 5.74) is 1.11. The van der Waals surface area contributed by atoms with Crippen LogP contribution in [0.3, 0.4) is 0 Å². The van der Waals surface area contributed by atoms with Crippen LogP contribution >= 0.6 is 0 Å². The number of carbonyl (C=O) groups excluding carboxylic acids is 2. The Balaban J connectivity index is 2.13. The van der Waals surface area contributed by atoms with Gasteiger partial charge in [0, 0.05) is 18.0 Å². The average molecular weight is 388 g/mol. The van der Waals surface area contributed by atoms with Gasteiger partial charge in [-0.3, -0.25) is 19.0 Å². The molecule has 25 heavy (non-hydrogen) atoms. The number of hydrogen-bond acceptors (Lipinski definition) is 6. The first kappa shape index (κ1) is 19.4. The predicted octanol–water partition coefficient (Wildman–Crippen LogP) is 0.902. The molecule has 0 amide bonds. The molecule has 1 aliphatic rings. The Kier molecular flexibility index (Phi) is 5.24. The maximum absolute atomic E-state index is 12.3. The van der Waals surface area contributed by atoms with Crippen molar-refractivity contribution in [1.29, 1.82) is 0 Å². The standard InChI is InChI=1S/C15H20N2O6S2/c1-9-6-12(16-24(3,20)21)4-5-13(9)17-25(22,23)8-11-7-14(18)10(2)15(11)19/h4-6,10-11,16-17H,7-8H2,1-3H3. The fraction of sp³-hybridized carbons (Fsp3) is 0.467. The lowest BCUT2D eigenvalue weighted by molar-refractivity contribution is -0.127. The first-order valence-electron chi connectivity index (χ1n) is 7.53. The number of benzene rings is 1. The van der Waals surface area contributed by atoms with E-state index in [4.69, 9.17) is 0 Å². The summed E-state index contributed by atoms with van der Waals surface area (Å²) in [6.07, 6.45) is 0.955. The number of sulfonamides is 2. The van der Waals surface area contributed by atoms with Gasteiger partial charge in [0.1, 0.15) is 11.6 Å². The highest BCUT2D eigenvalue weighted by Gasteiger charge is 2.40. The minimum atomic E-state index is -3.83. The number of anilines is 2. The van der Waals surface area contributed by atoms with Crippen LogP contribution in [-0.4, -0.2) is 40.4 Å². The SMILES string of the molecule is Cc1cc(NS(C)(=O)=O)ccc1NS(=O)(=O)CC1CC(=O)C(C)C1=O. The van der Waals surface area contributed by atoms with Crippen molar-refractivity contribution in [2.24, 2.45) is 11.8 Å². The number of nitrogens with one attached hydrogen (secondary N) is 2. The zero-order valence-corrected chi connectivity index (χ0v) is 15.7. The fourth-order valence-corrected chi connectivity index (χ4v) is 4.72. The lowest BCUT2D eigenvalue weighted by Gasteiger charge is -2.14. The highest BCUT2D eigenvalue weighted by molar-refractivity contribution is 7.92. The van der Waals surface area contributed by atoms with Crippen molar-refractivity contribution >= 4 is 43.0 Å². The van der Waals surface area contributed by atoms with Gasteiger partial charge in [-0.25, -0.2) is 16.8 Å². The Bertz CT molecular complexity index is 921. The fourth-order valence-electron chi connectivity index (χ4n) is 2.70. The van der Waals surface area contributed by atoms with Crippen LogP contribution in [0.25, 0.3) is 0 Å². The van der Waals surface area contributed by atoms with Crippen LogP contribution < -0.4 is 9.44 Å². The van der Waals surface area contributed by atoms with Crippen LogP contribution in [0, 0.1) is 18.8 Å². The lowest BCUT2D eigenvalue weighted by atomic mass is 10.1. The average Bonchev–Trinajstić information content (AvgIpc) is 2.67. The number of ketones is 2.